The number of nitrogens with one attached hydrogen (secondary N) is 3. The standard InChI is InChI=1S/C15H21N3O3/c1-8-13-10(3-2-4-11(13)19)18-14(8)15(21)17-6-9-5-16-7-12(9)20/h9,12,16,18,20H,2-7H2,1H3,(H,17,21). The zero-order valence-corrected chi connectivity index (χ0v) is 12.2. The number of aromatic amines is 1. The third-order valence-corrected chi connectivity index (χ3v) is 4.49. The zero-order chi connectivity index (χ0) is 15.0. The molecular formula is C15H21N3O3. The number of amides is 1. The Labute approximate surface area is 123 Å². The lowest BCUT2D eigenvalue weighted by Crippen LogP contribution is -2.34. The fraction of sp³-hybridized carbons (Fsp3) is 0.600. The van der Waals surface area contributed by atoms with Crippen LogP contribution in [0.25, 0.3) is 0 Å². The largest absolute Gasteiger partial charge is 0.391 e. The van der Waals surface area contributed by atoms with Gasteiger partial charge in [-0.25, -0.2) is 0 Å². The summed E-state index contributed by atoms with van der Waals surface area (Å²) in [5, 5.41) is 15.7. The van der Waals surface area contributed by atoms with E-state index in [1.54, 1.807) is 0 Å². The molecule has 3 rings (SSSR count). The van der Waals surface area contributed by atoms with Crippen molar-refractivity contribution in [1.82, 2.24) is 15.6 Å². The predicted molar refractivity (Wildman–Crippen MR) is 77.5 cm³/mol. The van der Waals surface area contributed by atoms with Crippen LogP contribution < -0.4 is 10.6 Å². The quantitative estimate of drug-likeness (QED) is 0.638. The molecular weight excluding hydrogens is 270 g/mol. The van der Waals surface area contributed by atoms with Gasteiger partial charge in [0.25, 0.3) is 5.91 Å². The van der Waals surface area contributed by atoms with Crippen LogP contribution in [-0.4, -0.2) is 47.5 Å². The topological polar surface area (TPSA) is 94.2 Å². The van der Waals surface area contributed by atoms with Crippen molar-refractivity contribution in [2.75, 3.05) is 19.6 Å². The van der Waals surface area contributed by atoms with E-state index in [2.05, 4.69) is 15.6 Å². The normalized spacial score (nSPS) is 25.0. The van der Waals surface area contributed by atoms with E-state index >= 15 is 0 Å². The molecule has 2 atom stereocenters. The average Bonchev–Trinajstić information content (AvgIpc) is 3.01. The second kappa shape index (κ2) is 5.61. The van der Waals surface area contributed by atoms with Crippen molar-refractivity contribution in [3.8, 4) is 0 Å². The van der Waals surface area contributed by atoms with Gasteiger partial charge in [-0.15, -0.1) is 0 Å². The van der Waals surface area contributed by atoms with Crippen LogP contribution >= 0.6 is 0 Å². The number of aliphatic hydroxyl groups excluding tert-OH is 1. The molecule has 2 unspecified atom stereocenters. The van der Waals surface area contributed by atoms with E-state index in [1.807, 2.05) is 6.92 Å². The van der Waals surface area contributed by atoms with Crippen LogP contribution in [0.15, 0.2) is 0 Å². The van der Waals surface area contributed by atoms with E-state index in [-0.39, 0.29) is 17.6 Å². The van der Waals surface area contributed by atoms with Gasteiger partial charge in [0.2, 0.25) is 0 Å². The van der Waals surface area contributed by atoms with Gasteiger partial charge in [-0.05, 0) is 25.3 Å². The summed E-state index contributed by atoms with van der Waals surface area (Å²) in [6, 6.07) is 0. The monoisotopic (exact) mass is 291 g/mol. The van der Waals surface area contributed by atoms with E-state index in [1.165, 1.54) is 0 Å². The number of aromatic nitrogens is 1. The molecule has 1 saturated heterocycles. The number of Topliss-reactive ketones (excluding diaryl/α,β-unsaturated/α-hetero) is 1. The highest BCUT2D eigenvalue weighted by atomic mass is 16.3. The summed E-state index contributed by atoms with van der Waals surface area (Å²) in [4.78, 5) is 27.4. The maximum atomic E-state index is 12.3. The van der Waals surface area contributed by atoms with Crippen molar-refractivity contribution in [2.45, 2.75) is 32.3 Å². The number of hydrogen-bond donors (Lipinski definition) is 4. The summed E-state index contributed by atoms with van der Waals surface area (Å²) in [6.45, 7) is 3.54. The SMILES string of the molecule is Cc1c(C(=O)NCC2CNCC2O)[nH]c2c1C(=O)CCC2. The van der Waals surface area contributed by atoms with Crippen molar-refractivity contribution in [3.63, 3.8) is 0 Å². The molecule has 1 fully saturated rings. The number of fused-ring (bicyclic) bond motifs is 1. The maximum absolute atomic E-state index is 12.3. The number of aliphatic hydroxyl groups is 1. The highest BCUT2D eigenvalue weighted by Gasteiger charge is 2.28. The van der Waals surface area contributed by atoms with Crippen LogP contribution in [0.4, 0.5) is 0 Å². The van der Waals surface area contributed by atoms with Gasteiger partial charge >= 0.3 is 0 Å². The Morgan fingerprint density at radius 2 is 2.19 bits per heavy atom. The molecule has 1 aliphatic heterocycles. The Balaban J connectivity index is 1.72. The third kappa shape index (κ3) is 2.61. The van der Waals surface area contributed by atoms with Crippen LogP contribution in [0.3, 0.4) is 0 Å². The number of carbonyl (C=O) groups excluding carboxylic acids is 2. The minimum Gasteiger partial charge on any atom is -0.391 e. The molecule has 114 valence electrons. The van der Waals surface area contributed by atoms with Gasteiger partial charge in [-0.1, -0.05) is 0 Å². The number of H-pyrrole nitrogens is 1. The van der Waals surface area contributed by atoms with Crippen molar-refractivity contribution in [1.29, 1.82) is 0 Å². The second-order valence-electron chi connectivity index (χ2n) is 5.95. The van der Waals surface area contributed by atoms with E-state index < -0.39 is 6.10 Å². The molecule has 0 bridgehead atoms. The number of carbonyl (C=O) groups is 2. The summed E-state index contributed by atoms with van der Waals surface area (Å²) in [5.74, 6) is -0.0336. The lowest BCUT2D eigenvalue weighted by atomic mass is 9.94. The minimum absolute atomic E-state index is 0.0421. The van der Waals surface area contributed by atoms with Gasteiger partial charge < -0.3 is 20.7 Å². The van der Waals surface area contributed by atoms with Crippen molar-refractivity contribution < 1.29 is 14.7 Å². The lowest BCUT2D eigenvalue weighted by Gasteiger charge is -2.13. The van der Waals surface area contributed by atoms with Gasteiger partial charge in [0.1, 0.15) is 5.69 Å². The number of β-amino-alcohol motifs (C(OH)–C–C–N with tert-alkyl or cyclic N) is 1. The second-order valence-corrected chi connectivity index (χ2v) is 5.95. The van der Waals surface area contributed by atoms with Crippen LogP contribution in [-0.2, 0) is 6.42 Å². The molecule has 0 aromatic carbocycles. The third-order valence-electron chi connectivity index (χ3n) is 4.49. The molecule has 1 aromatic heterocycles. The highest BCUT2D eigenvalue weighted by molar-refractivity contribution is 6.04. The van der Waals surface area contributed by atoms with E-state index in [0.717, 1.165) is 24.1 Å². The van der Waals surface area contributed by atoms with Crippen molar-refractivity contribution in [3.05, 3.63) is 22.5 Å². The van der Waals surface area contributed by atoms with Gasteiger partial charge in [-0.3, -0.25) is 9.59 Å². The first kappa shape index (κ1) is 14.3. The zero-order valence-electron chi connectivity index (χ0n) is 12.2. The van der Waals surface area contributed by atoms with Crippen LogP contribution in [0.5, 0.6) is 0 Å². The first-order valence-electron chi connectivity index (χ1n) is 7.49. The number of hydrogen-bond acceptors (Lipinski definition) is 4. The molecule has 4 N–H and O–H groups in total. The Hall–Kier alpha value is -1.66. The molecule has 0 radical (unpaired) electrons. The Kier molecular flexibility index (Phi) is 3.82. The van der Waals surface area contributed by atoms with Gasteiger partial charge in [0, 0.05) is 43.2 Å². The Morgan fingerprint density at radius 3 is 2.86 bits per heavy atom. The number of aryl methyl sites for hydroxylation is 1. The predicted octanol–water partition coefficient (Wildman–Crippen LogP) is 0.152. The fourth-order valence-electron chi connectivity index (χ4n) is 3.24. The van der Waals surface area contributed by atoms with Gasteiger partial charge in [0.15, 0.2) is 5.78 Å². The molecule has 1 amide bonds. The molecule has 0 saturated carbocycles. The lowest BCUT2D eigenvalue weighted by molar-refractivity contribution is 0.0921. The minimum atomic E-state index is -0.412. The van der Waals surface area contributed by atoms with Gasteiger partial charge in [0.05, 0.1) is 6.10 Å². The summed E-state index contributed by atoms with van der Waals surface area (Å²) >= 11 is 0. The fourth-order valence-corrected chi connectivity index (χ4v) is 3.24. The first-order valence-corrected chi connectivity index (χ1v) is 7.49. The molecule has 1 aromatic rings. The maximum Gasteiger partial charge on any atom is 0.268 e. The Morgan fingerprint density at radius 1 is 1.38 bits per heavy atom. The van der Waals surface area contributed by atoms with Gasteiger partial charge in [-0.2, -0.15) is 0 Å². The van der Waals surface area contributed by atoms with Crippen LogP contribution in [0, 0.1) is 12.8 Å². The van der Waals surface area contributed by atoms with E-state index in [9.17, 15) is 14.7 Å². The summed E-state index contributed by atoms with van der Waals surface area (Å²) in [7, 11) is 0. The van der Waals surface area contributed by atoms with E-state index in [4.69, 9.17) is 0 Å². The van der Waals surface area contributed by atoms with E-state index in [0.29, 0.717) is 37.3 Å². The smallest absolute Gasteiger partial charge is 0.268 e. The highest BCUT2D eigenvalue weighted by Crippen LogP contribution is 2.26. The Bertz CT molecular complexity index is 579. The number of ketones is 1. The number of rotatable bonds is 3. The molecule has 1 aliphatic carbocycles. The molecule has 21 heavy (non-hydrogen) atoms. The molecule has 0 spiro atoms. The van der Waals surface area contributed by atoms with Crippen molar-refractivity contribution >= 4 is 11.7 Å². The molecule has 2 heterocycles. The summed E-state index contributed by atoms with van der Waals surface area (Å²) in [6.07, 6.45) is 1.81. The van der Waals surface area contributed by atoms with Crippen molar-refractivity contribution in [2.24, 2.45) is 5.92 Å². The summed E-state index contributed by atoms with van der Waals surface area (Å²) < 4.78 is 0. The average molecular weight is 291 g/mol. The molecule has 6 heteroatoms. The summed E-state index contributed by atoms with van der Waals surface area (Å²) in [5.41, 5.74) is 2.82. The first-order chi connectivity index (χ1) is 10.1. The molecule has 6 nitrogen and oxygen atoms in total. The van der Waals surface area contributed by atoms with Crippen LogP contribution in [0.2, 0.25) is 0 Å². The molecule has 2 aliphatic rings. The van der Waals surface area contributed by atoms with Crippen LogP contribution in [0.1, 0.15) is 44.9 Å².